The molecule has 0 bridgehead atoms. The van der Waals surface area contributed by atoms with Gasteiger partial charge >= 0.3 is 0 Å². The van der Waals surface area contributed by atoms with Crippen LogP contribution in [0.4, 0.5) is 11.5 Å². The molecule has 2 rings (SSSR count). The lowest BCUT2D eigenvalue weighted by molar-refractivity contribution is -0.124. The highest BCUT2D eigenvalue weighted by Gasteiger charge is 2.17. The molecule has 0 radical (unpaired) electrons. The molecule has 2 N–H and O–H groups in total. The van der Waals surface area contributed by atoms with Crippen molar-refractivity contribution in [2.45, 2.75) is 13.0 Å². The number of carbonyl (C=O) groups is 2. The number of ether oxygens (including phenoxy) is 1. The van der Waals surface area contributed by atoms with Gasteiger partial charge in [0.15, 0.2) is 0 Å². The summed E-state index contributed by atoms with van der Waals surface area (Å²) in [5, 5.41) is 5.80. The van der Waals surface area contributed by atoms with Gasteiger partial charge in [-0.2, -0.15) is 0 Å². The van der Waals surface area contributed by atoms with E-state index in [0.29, 0.717) is 22.1 Å². The van der Waals surface area contributed by atoms with Gasteiger partial charge in [0, 0.05) is 13.3 Å². The highest BCUT2D eigenvalue weighted by atomic mass is 35.5. The first-order valence-corrected chi connectivity index (χ1v) is 7.24. The van der Waals surface area contributed by atoms with E-state index in [0.717, 1.165) is 0 Å². The van der Waals surface area contributed by atoms with E-state index < -0.39 is 6.10 Å². The summed E-state index contributed by atoms with van der Waals surface area (Å²) in [5.74, 6) is -0.357. The number of methoxy groups -OCH3 is 1. The van der Waals surface area contributed by atoms with Gasteiger partial charge < -0.3 is 15.4 Å². The second-order valence-electron chi connectivity index (χ2n) is 4.73. The minimum absolute atomic E-state index is 0.320. The Kier molecular flexibility index (Phi) is 5.67. The molecule has 0 spiro atoms. The van der Waals surface area contributed by atoms with E-state index >= 15 is 0 Å². The van der Waals surface area contributed by atoms with Gasteiger partial charge in [-0.05, 0) is 31.2 Å². The number of para-hydroxylation sites is 1. The number of pyridine rings is 1. The van der Waals surface area contributed by atoms with Crippen LogP contribution in [0.1, 0.15) is 17.3 Å². The zero-order chi connectivity index (χ0) is 16.8. The molecule has 2 amide bonds. The fourth-order valence-electron chi connectivity index (χ4n) is 1.76. The molecule has 0 aliphatic heterocycles. The average molecular weight is 334 g/mol. The number of benzene rings is 1. The zero-order valence-electron chi connectivity index (χ0n) is 12.7. The molecule has 1 heterocycles. The second kappa shape index (κ2) is 7.71. The Hall–Kier alpha value is -2.44. The third-order valence-corrected chi connectivity index (χ3v) is 3.34. The summed E-state index contributed by atoms with van der Waals surface area (Å²) in [4.78, 5) is 28.3. The van der Waals surface area contributed by atoms with Crippen molar-refractivity contribution in [1.29, 1.82) is 0 Å². The molecule has 0 aliphatic rings. The maximum atomic E-state index is 12.4. The second-order valence-corrected chi connectivity index (χ2v) is 5.16. The first-order chi connectivity index (χ1) is 11.0. The van der Waals surface area contributed by atoms with Crippen molar-refractivity contribution < 1.29 is 14.3 Å². The van der Waals surface area contributed by atoms with E-state index in [2.05, 4.69) is 15.6 Å². The Morgan fingerprint density at radius 2 is 1.91 bits per heavy atom. The van der Waals surface area contributed by atoms with Crippen molar-refractivity contribution >= 4 is 34.9 Å². The number of hydrogen-bond acceptors (Lipinski definition) is 4. The third kappa shape index (κ3) is 4.51. The van der Waals surface area contributed by atoms with Gasteiger partial charge in [-0.15, -0.1) is 0 Å². The SMILES string of the molecule is CO[C@@H](C)C(=O)Nc1ccccc1C(=O)Nc1ccc(Cl)cn1. The summed E-state index contributed by atoms with van der Waals surface area (Å²) in [6.45, 7) is 1.62. The maximum Gasteiger partial charge on any atom is 0.258 e. The number of amides is 2. The predicted octanol–water partition coefficient (Wildman–Crippen LogP) is 2.96. The van der Waals surface area contributed by atoms with Gasteiger partial charge in [-0.25, -0.2) is 4.98 Å². The number of carbonyl (C=O) groups excluding carboxylic acids is 2. The lowest BCUT2D eigenvalue weighted by Gasteiger charge is -2.13. The van der Waals surface area contributed by atoms with E-state index in [1.807, 2.05) is 0 Å². The first kappa shape index (κ1) is 16.9. The molecule has 0 unspecified atom stereocenters. The standard InChI is InChI=1S/C16H16ClN3O3/c1-10(23-2)15(21)19-13-6-4-3-5-12(13)16(22)20-14-8-7-11(17)9-18-14/h3-10H,1-2H3,(H,19,21)(H,18,20,22)/t10-/m0/s1. The Morgan fingerprint density at radius 3 is 2.57 bits per heavy atom. The van der Waals surface area contributed by atoms with E-state index in [1.54, 1.807) is 43.3 Å². The molecule has 23 heavy (non-hydrogen) atoms. The molecule has 0 fully saturated rings. The van der Waals surface area contributed by atoms with Gasteiger partial charge in [-0.3, -0.25) is 9.59 Å². The summed E-state index contributed by atoms with van der Waals surface area (Å²) >= 11 is 5.76. The summed E-state index contributed by atoms with van der Waals surface area (Å²) in [5.41, 5.74) is 0.716. The van der Waals surface area contributed by atoms with E-state index in [-0.39, 0.29) is 11.8 Å². The van der Waals surface area contributed by atoms with Crippen LogP contribution in [0.2, 0.25) is 5.02 Å². The van der Waals surface area contributed by atoms with Crippen molar-refractivity contribution in [2.24, 2.45) is 0 Å². The van der Waals surface area contributed by atoms with Crippen molar-refractivity contribution in [3.63, 3.8) is 0 Å². The molecule has 0 aliphatic carbocycles. The number of nitrogens with zero attached hydrogens (tertiary/aromatic N) is 1. The van der Waals surface area contributed by atoms with E-state index in [4.69, 9.17) is 16.3 Å². The van der Waals surface area contributed by atoms with E-state index in [9.17, 15) is 9.59 Å². The molecule has 2 aromatic rings. The molecular formula is C16H16ClN3O3. The smallest absolute Gasteiger partial charge is 0.258 e. The highest BCUT2D eigenvalue weighted by Crippen LogP contribution is 2.18. The summed E-state index contributed by atoms with van der Waals surface area (Å²) < 4.78 is 4.96. The maximum absolute atomic E-state index is 12.4. The number of hydrogen-bond donors (Lipinski definition) is 2. The summed E-state index contributed by atoms with van der Waals surface area (Å²) in [7, 11) is 1.44. The van der Waals surface area contributed by atoms with Crippen molar-refractivity contribution in [2.75, 3.05) is 17.7 Å². The zero-order valence-corrected chi connectivity index (χ0v) is 13.4. The van der Waals surface area contributed by atoms with Crippen LogP contribution in [0, 0.1) is 0 Å². The molecule has 6 nitrogen and oxygen atoms in total. The Labute approximate surface area is 138 Å². The number of halogens is 1. The van der Waals surface area contributed by atoms with Crippen LogP contribution in [0.15, 0.2) is 42.6 Å². The summed E-state index contributed by atoms with van der Waals surface area (Å²) in [6.07, 6.45) is 0.814. The third-order valence-electron chi connectivity index (χ3n) is 3.12. The van der Waals surface area contributed by atoms with Crippen LogP contribution >= 0.6 is 11.6 Å². The van der Waals surface area contributed by atoms with Crippen LogP contribution in [-0.2, 0) is 9.53 Å². The van der Waals surface area contributed by atoms with Gasteiger partial charge in [0.25, 0.3) is 11.8 Å². The molecule has 1 atom stereocenters. The number of rotatable bonds is 5. The highest BCUT2D eigenvalue weighted by molar-refractivity contribution is 6.30. The first-order valence-electron chi connectivity index (χ1n) is 6.87. The van der Waals surface area contributed by atoms with Gasteiger partial charge in [0.05, 0.1) is 16.3 Å². The molecule has 0 saturated carbocycles. The molecule has 0 saturated heterocycles. The van der Waals surface area contributed by atoms with Crippen LogP contribution in [0.5, 0.6) is 0 Å². The monoisotopic (exact) mass is 333 g/mol. The van der Waals surface area contributed by atoms with Crippen molar-refractivity contribution in [3.8, 4) is 0 Å². The largest absolute Gasteiger partial charge is 0.372 e. The van der Waals surface area contributed by atoms with Crippen molar-refractivity contribution in [3.05, 3.63) is 53.2 Å². The minimum Gasteiger partial charge on any atom is -0.372 e. The number of nitrogens with one attached hydrogen (secondary N) is 2. The van der Waals surface area contributed by atoms with Gasteiger partial charge in [0.1, 0.15) is 11.9 Å². The van der Waals surface area contributed by atoms with Gasteiger partial charge in [-0.1, -0.05) is 23.7 Å². The van der Waals surface area contributed by atoms with Gasteiger partial charge in [0.2, 0.25) is 0 Å². The average Bonchev–Trinajstić information content (AvgIpc) is 2.56. The van der Waals surface area contributed by atoms with Crippen LogP contribution in [-0.4, -0.2) is 30.0 Å². The fourth-order valence-corrected chi connectivity index (χ4v) is 1.88. The van der Waals surface area contributed by atoms with Crippen LogP contribution < -0.4 is 10.6 Å². The number of aromatic nitrogens is 1. The Bertz CT molecular complexity index is 704. The molecule has 1 aromatic carbocycles. The molecule has 1 aromatic heterocycles. The minimum atomic E-state index is -0.621. The number of anilines is 2. The van der Waals surface area contributed by atoms with Crippen LogP contribution in [0.3, 0.4) is 0 Å². The topological polar surface area (TPSA) is 80.3 Å². The predicted molar refractivity (Wildman–Crippen MR) is 88.7 cm³/mol. The molecular weight excluding hydrogens is 318 g/mol. The lowest BCUT2D eigenvalue weighted by Crippen LogP contribution is -2.27. The normalized spacial score (nSPS) is 11.6. The lowest BCUT2D eigenvalue weighted by atomic mass is 10.1. The quantitative estimate of drug-likeness (QED) is 0.881. The molecule has 7 heteroatoms. The Balaban J connectivity index is 2.17. The fraction of sp³-hybridized carbons (Fsp3) is 0.188. The van der Waals surface area contributed by atoms with E-state index in [1.165, 1.54) is 13.3 Å². The van der Waals surface area contributed by atoms with Crippen LogP contribution in [0.25, 0.3) is 0 Å². The molecule has 120 valence electrons. The summed E-state index contributed by atoms with van der Waals surface area (Å²) in [6, 6.07) is 9.90. The van der Waals surface area contributed by atoms with Crippen molar-refractivity contribution in [1.82, 2.24) is 4.98 Å². The Morgan fingerprint density at radius 1 is 1.17 bits per heavy atom.